The molecule has 2 aromatic carbocycles. The van der Waals surface area contributed by atoms with Crippen molar-refractivity contribution in [1.82, 2.24) is 9.62 Å². The van der Waals surface area contributed by atoms with Crippen molar-refractivity contribution in [2.45, 2.75) is 24.8 Å². The minimum atomic E-state index is -3.92. The highest BCUT2D eigenvalue weighted by atomic mass is 35.5. The van der Waals surface area contributed by atoms with Crippen LogP contribution in [-0.4, -0.2) is 56.4 Å². The molecule has 0 radical (unpaired) electrons. The summed E-state index contributed by atoms with van der Waals surface area (Å²) in [5.74, 6) is -0.543. The lowest BCUT2D eigenvalue weighted by atomic mass is 10.0. The highest BCUT2D eigenvalue weighted by Gasteiger charge is 2.33. The average molecular weight is 481 g/mol. The number of carbonyl (C=O) groups excluding carboxylic acids is 1. The van der Waals surface area contributed by atoms with Crippen LogP contribution in [0.2, 0.25) is 5.02 Å². The summed E-state index contributed by atoms with van der Waals surface area (Å²) in [5, 5.41) is 11.1. The van der Waals surface area contributed by atoms with Gasteiger partial charge in [0, 0.05) is 49.0 Å². The first-order chi connectivity index (χ1) is 15.1. The summed E-state index contributed by atoms with van der Waals surface area (Å²) in [6.45, 7) is 5.48. The third kappa shape index (κ3) is 5.56. The fourth-order valence-corrected chi connectivity index (χ4v) is 5.15. The number of nitrogens with one attached hydrogen (secondary N) is 1. The lowest BCUT2D eigenvalue weighted by Crippen LogP contribution is -2.56. The number of benzene rings is 2. The molecule has 2 aromatic rings. The van der Waals surface area contributed by atoms with Gasteiger partial charge in [-0.15, -0.1) is 0 Å². The Hall–Kier alpha value is -2.69. The molecule has 9 nitrogen and oxygen atoms in total. The highest BCUT2D eigenvalue weighted by Crippen LogP contribution is 2.22. The van der Waals surface area contributed by atoms with Gasteiger partial charge in [-0.25, -0.2) is 8.42 Å². The van der Waals surface area contributed by atoms with Gasteiger partial charge in [0.25, 0.3) is 5.69 Å². The maximum Gasteiger partial charge on any atom is 0.269 e. The van der Waals surface area contributed by atoms with Gasteiger partial charge in [0.05, 0.1) is 9.82 Å². The first-order valence-electron chi connectivity index (χ1n) is 10.1. The smallest absolute Gasteiger partial charge is 0.269 e. The topological polar surface area (TPSA) is 113 Å². The van der Waals surface area contributed by atoms with Crippen LogP contribution in [0.1, 0.15) is 13.8 Å². The average Bonchev–Trinajstić information content (AvgIpc) is 2.77. The summed E-state index contributed by atoms with van der Waals surface area (Å²) < 4.78 is 28.1. The minimum absolute atomic E-state index is 0.00596. The molecule has 11 heteroatoms. The molecule has 0 aliphatic carbocycles. The molecule has 1 atom stereocenters. The fourth-order valence-electron chi connectivity index (χ4n) is 3.51. The van der Waals surface area contributed by atoms with E-state index in [4.69, 9.17) is 11.6 Å². The molecule has 0 bridgehead atoms. The Morgan fingerprint density at radius 1 is 1.09 bits per heavy atom. The van der Waals surface area contributed by atoms with Crippen molar-refractivity contribution in [2.75, 3.05) is 31.1 Å². The van der Waals surface area contributed by atoms with Gasteiger partial charge in [-0.3, -0.25) is 14.9 Å². The zero-order valence-electron chi connectivity index (χ0n) is 17.8. The van der Waals surface area contributed by atoms with Crippen molar-refractivity contribution in [2.24, 2.45) is 5.92 Å². The molecular formula is C21H25ClN4O5S. The number of piperazine rings is 1. The zero-order valence-corrected chi connectivity index (χ0v) is 19.3. The molecule has 1 heterocycles. The van der Waals surface area contributed by atoms with Crippen LogP contribution in [0.25, 0.3) is 0 Å². The van der Waals surface area contributed by atoms with E-state index < -0.39 is 21.0 Å². The van der Waals surface area contributed by atoms with Gasteiger partial charge in [-0.1, -0.05) is 31.5 Å². The van der Waals surface area contributed by atoms with Gasteiger partial charge >= 0.3 is 0 Å². The molecule has 32 heavy (non-hydrogen) atoms. The molecule has 0 saturated carbocycles. The number of nitrogens with zero attached hydrogens (tertiary/aromatic N) is 3. The second-order valence-electron chi connectivity index (χ2n) is 7.89. The number of hydrogen-bond donors (Lipinski definition) is 1. The summed E-state index contributed by atoms with van der Waals surface area (Å²) in [6.07, 6.45) is 0. The third-order valence-corrected chi connectivity index (χ3v) is 7.01. The van der Waals surface area contributed by atoms with E-state index in [0.717, 1.165) is 5.69 Å². The van der Waals surface area contributed by atoms with Crippen LogP contribution in [0.15, 0.2) is 53.4 Å². The Morgan fingerprint density at radius 3 is 2.25 bits per heavy atom. The number of rotatable bonds is 7. The molecule has 0 aromatic heterocycles. The number of halogens is 1. The summed E-state index contributed by atoms with van der Waals surface area (Å²) in [6, 6.07) is 11.3. The van der Waals surface area contributed by atoms with Crippen LogP contribution in [-0.2, 0) is 14.8 Å². The number of hydrogen-bond acceptors (Lipinski definition) is 6. The number of nitro groups is 1. The number of amides is 1. The highest BCUT2D eigenvalue weighted by molar-refractivity contribution is 7.89. The normalized spacial score (nSPS) is 15.6. The monoisotopic (exact) mass is 480 g/mol. The molecule has 1 N–H and O–H groups in total. The number of sulfonamides is 1. The van der Waals surface area contributed by atoms with E-state index in [1.165, 1.54) is 24.3 Å². The fraction of sp³-hybridized carbons (Fsp3) is 0.381. The zero-order chi connectivity index (χ0) is 23.5. The van der Waals surface area contributed by atoms with E-state index in [2.05, 4.69) is 4.72 Å². The van der Waals surface area contributed by atoms with Crippen molar-refractivity contribution in [1.29, 1.82) is 0 Å². The maximum atomic E-state index is 13.2. The molecule has 0 spiro atoms. The van der Waals surface area contributed by atoms with E-state index in [1.807, 2.05) is 4.90 Å². The predicted molar refractivity (Wildman–Crippen MR) is 122 cm³/mol. The third-order valence-electron chi connectivity index (χ3n) is 5.34. The molecular weight excluding hydrogens is 456 g/mol. The van der Waals surface area contributed by atoms with Crippen LogP contribution in [0.4, 0.5) is 11.4 Å². The summed E-state index contributed by atoms with van der Waals surface area (Å²) in [7, 11) is -3.92. The van der Waals surface area contributed by atoms with Gasteiger partial charge in [0.2, 0.25) is 15.9 Å². The Bertz CT molecular complexity index is 1080. The van der Waals surface area contributed by atoms with Crippen molar-refractivity contribution >= 4 is 38.9 Å². The van der Waals surface area contributed by atoms with Gasteiger partial charge < -0.3 is 9.80 Å². The quantitative estimate of drug-likeness (QED) is 0.481. The largest absolute Gasteiger partial charge is 0.368 e. The van der Waals surface area contributed by atoms with Crippen LogP contribution < -0.4 is 9.62 Å². The van der Waals surface area contributed by atoms with Crippen LogP contribution in [0, 0.1) is 16.0 Å². The molecule has 0 unspecified atom stereocenters. The lowest BCUT2D eigenvalue weighted by Gasteiger charge is -2.38. The maximum absolute atomic E-state index is 13.2. The summed E-state index contributed by atoms with van der Waals surface area (Å²) >= 11 is 5.92. The van der Waals surface area contributed by atoms with E-state index >= 15 is 0 Å². The number of non-ortho nitro benzene ring substituents is 1. The SMILES string of the molecule is CC(C)[C@H](NS(=O)(=O)c1cccc(Cl)c1)C(=O)N1CCN(c2ccc([N+](=O)[O-])cc2)CC1. The van der Waals surface area contributed by atoms with E-state index in [9.17, 15) is 23.3 Å². The van der Waals surface area contributed by atoms with Crippen LogP contribution in [0.3, 0.4) is 0 Å². The standard InChI is InChI=1S/C21H25ClN4O5S/c1-15(2)20(23-32(30,31)19-5-3-4-16(22)14-19)21(27)25-12-10-24(11-13-25)17-6-8-18(9-7-17)26(28)29/h3-9,14-15,20,23H,10-13H2,1-2H3/t20-/m0/s1. The Labute approximate surface area is 192 Å². The molecule has 3 rings (SSSR count). The van der Waals surface area contributed by atoms with E-state index in [0.29, 0.717) is 31.2 Å². The second kappa shape index (κ2) is 9.85. The molecule has 1 aliphatic heterocycles. The van der Waals surface area contributed by atoms with Gasteiger partial charge in [0.15, 0.2) is 0 Å². The lowest BCUT2D eigenvalue weighted by molar-refractivity contribution is -0.384. The molecule has 1 aliphatic rings. The first-order valence-corrected chi connectivity index (χ1v) is 12.0. The van der Waals surface area contributed by atoms with Gasteiger partial charge in [0.1, 0.15) is 6.04 Å². The Balaban J connectivity index is 1.67. The van der Waals surface area contributed by atoms with Crippen LogP contribution >= 0.6 is 11.6 Å². The van der Waals surface area contributed by atoms with Crippen LogP contribution in [0.5, 0.6) is 0 Å². The molecule has 172 valence electrons. The van der Waals surface area contributed by atoms with Crippen molar-refractivity contribution in [3.8, 4) is 0 Å². The van der Waals surface area contributed by atoms with Crippen molar-refractivity contribution < 1.29 is 18.1 Å². The second-order valence-corrected chi connectivity index (χ2v) is 10.0. The van der Waals surface area contributed by atoms with Crippen molar-refractivity contribution in [3.05, 3.63) is 63.7 Å². The predicted octanol–water partition coefficient (Wildman–Crippen LogP) is 2.90. The Morgan fingerprint density at radius 2 is 1.72 bits per heavy atom. The van der Waals surface area contributed by atoms with Gasteiger partial charge in [-0.05, 0) is 36.2 Å². The molecule has 1 fully saturated rings. The van der Waals surface area contributed by atoms with Gasteiger partial charge in [-0.2, -0.15) is 4.72 Å². The molecule has 1 saturated heterocycles. The summed E-state index contributed by atoms with van der Waals surface area (Å²) in [4.78, 5) is 27.2. The number of anilines is 1. The first kappa shape index (κ1) is 24.0. The number of carbonyl (C=O) groups is 1. The Kier molecular flexibility index (Phi) is 7.37. The van der Waals surface area contributed by atoms with E-state index in [1.54, 1.807) is 43.0 Å². The molecule has 1 amide bonds. The summed E-state index contributed by atoms with van der Waals surface area (Å²) in [5.41, 5.74) is 0.860. The van der Waals surface area contributed by atoms with Crippen molar-refractivity contribution in [3.63, 3.8) is 0 Å². The van der Waals surface area contributed by atoms with E-state index in [-0.39, 0.29) is 22.4 Å². The number of nitro benzene ring substituents is 1. The minimum Gasteiger partial charge on any atom is -0.368 e.